The first-order valence-corrected chi connectivity index (χ1v) is 9.66. The van der Waals surface area contributed by atoms with E-state index in [4.69, 9.17) is 0 Å². The number of fused-ring (bicyclic) bond motifs is 1. The van der Waals surface area contributed by atoms with Crippen molar-refractivity contribution in [3.8, 4) is 0 Å². The van der Waals surface area contributed by atoms with Gasteiger partial charge in [-0.2, -0.15) is 0 Å². The molecular weight excluding hydrogens is 318 g/mol. The van der Waals surface area contributed by atoms with Gasteiger partial charge in [0.15, 0.2) is 0 Å². The van der Waals surface area contributed by atoms with Crippen LogP contribution in [-0.2, 0) is 14.4 Å². The van der Waals surface area contributed by atoms with Crippen LogP contribution < -0.4 is 5.32 Å². The maximum atomic E-state index is 12.3. The summed E-state index contributed by atoms with van der Waals surface area (Å²) in [7, 11) is 0. The number of hydrogen-bond donors (Lipinski definition) is 1. The van der Waals surface area contributed by atoms with Gasteiger partial charge in [0.1, 0.15) is 0 Å². The second-order valence-corrected chi connectivity index (χ2v) is 7.34. The van der Waals surface area contributed by atoms with Crippen LogP contribution in [0.4, 0.5) is 0 Å². The van der Waals surface area contributed by atoms with Crippen LogP contribution in [0.2, 0.25) is 0 Å². The lowest BCUT2D eigenvalue weighted by atomic mass is 9.85. The highest BCUT2D eigenvalue weighted by Gasteiger charge is 2.46. The molecule has 2 aliphatic heterocycles. The summed E-state index contributed by atoms with van der Waals surface area (Å²) < 4.78 is 0. The number of amides is 3. The molecule has 6 nitrogen and oxygen atoms in total. The van der Waals surface area contributed by atoms with Crippen molar-refractivity contribution in [2.45, 2.75) is 44.9 Å². The molecule has 0 bridgehead atoms. The molecule has 0 aromatic carbocycles. The van der Waals surface area contributed by atoms with Gasteiger partial charge in [0.25, 0.3) is 0 Å². The van der Waals surface area contributed by atoms with Crippen LogP contribution in [0.1, 0.15) is 44.9 Å². The van der Waals surface area contributed by atoms with Gasteiger partial charge in [-0.05, 0) is 38.8 Å². The fourth-order valence-corrected chi connectivity index (χ4v) is 4.10. The number of nitrogens with one attached hydrogen (secondary N) is 1. The first-order chi connectivity index (χ1) is 12.2. The molecule has 3 amide bonds. The van der Waals surface area contributed by atoms with E-state index in [1.807, 2.05) is 12.2 Å². The molecule has 6 heteroatoms. The lowest BCUT2D eigenvalue weighted by molar-refractivity contribution is -0.140. The molecule has 2 heterocycles. The molecule has 0 saturated carbocycles. The van der Waals surface area contributed by atoms with Crippen LogP contribution in [-0.4, -0.2) is 60.2 Å². The molecule has 2 atom stereocenters. The Hall–Kier alpha value is -1.69. The fourth-order valence-electron chi connectivity index (χ4n) is 4.10. The third-order valence-corrected chi connectivity index (χ3v) is 5.61. The highest BCUT2D eigenvalue weighted by molar-refractivity contribution is 6.05. The van der Waals surface area contributed by atoms with Gasteiger partial charge in [0.2, 0.25) is 17.7 Å². The van der Waals surface area contributed by atoms with E-state index in [0.29, 0.717) is 19.4 Å². The van der Waals surface area contributed by atoms with E-state index >= 15 is 0 Å². The highest BCUT2D eigenvalue weighted by Crippen LogP contribution is 2.34. The van der Waals surface area contributed by atoms with E-state index in [9.17, 15) is 14.4 Å². The van der Waals surface area contributed by atoms with Gasteiger partial charge in [-0.3, -0.25) is 19.3 Å². The number of imide groups is 1. The second kappa shape index (κ2) is 8.61. The normalized spacial score (nSPS) is 27.3. The van der Waals surface area contributed by atoms with Crippen molar-refractivity contribution in [3.63, 3.8) is 0 Å². The third kappa shape index (κ3) is 4.48. The quantitative estimate of drug-likeness (QED) is 0.581. The smallest absolute Gasteiger partial charge is 0.233 e. The minimum absolute atomic E-state index is 0.0802. The molecule has 25 heavy (non-hydrogen) atoms. The summed E-state index contributed by atoms with van der Waals surface area (Å²) in [5.74, 6) is -0.691. The number of carbonyl (C=O) groups excluding carboxylic acids is 3. The van der Waals surface area contributed by atoms with Crippen molar-refractivity contribution in [3.05, 3.63) is 12.2 Å². The summed E-state index contributed by atoms with van der Waals surface area (Å²) in [5.41, 5.74) is 0. The molecule has 1 N–H and O–H groups in total. The van der Waals surface area contributed by atoms with Crippen LogP contribution >= 0.6 is 0 Å². The molecule has 1 aliphatic carbocycles. The SMILES string of the molecule is O=C(CCN1C(=O)[C@H]2CC=CC[C@H]2C1=O)NCCN1CCCCCC1. The summed E-state index contributed by atoms with van der Waals surface area (Å²) in [5, 5.41) is 2.92. The molecule has 2 saturated heterocycles. The molecule has 0 radical (unpaired) electrons. The average molecular weight is 347 g/mol. The molecule has 0 spiro atoms. The number of hydrogen-bond acceptors (Lipinski definition) is 4. The van der Waals surface area contributed by atoms with Crippen molar-refractivity contribution in [1.29, 1.82) is 0 Å². The lowest BCUT2D eigenvalue weighted by Crippen LogP contribution is -2.38. The monoisotopic (exact) mass is 347 g/mol. The Morgan fingerprint density at radius 1 is 0.960 bits per heavy atom. The fraction of sp³-hybridized carbons (Fsp3) is 0.737. The Labute approximate surface area is 149 Å². The zero-order valence-corrected chi connectivity index (χ0v) is 14.9. The van der Waals surface area contributed by atoms with Gasteiger partial charge in [-0.15, -0.1) is 0 Å². The lowest BCUT2D eigenvalue weighted by Gasteiger charge is -2.20. The predicted octanol–water partition coefficient (Wildman–Crippen LogP) is 1.32. The highest BCUT2D eigenvalue weighted by atomic mass is 16.2. The van der Waals surface area contributed by atoms with Gasteiger partial charge in [-0.1, -0.05) is 25.0 Å². The van der Waals surface area contributed by atoms with Crippen LogP contribution in [0, 0.1) is 11.8 Å². The van der Waals surface area contributed by atoms with Gasteiger partial charge >= 0.3 is 0 Å². The minimum Gasteiger partial charge on any atom is -0.355 e. The van der Waals surface area contributed by atoms with Gasteiger partial charge in [-0.25, -0.2) is 0 Å². The Morgan fingerprint density at radius 2 is 1.56 bits per heavy atom. The Kier molecular flexibility index (Phi) is 6.24. The van der Waals surface area contributed by atoms with E-state index in [-0.39, 0.29) is 42.5 Å². The number of allylic oxidation sites excluding steroid dienone is 2. The van der Waals surface area contributed by atoms with Gasteiger partial charge in [0, 0.05) is 26.1 Å². The summed E-state index contributed by atoms with van der Waals surface area (Å²) in [4.78, 5) is 40.4. The zero-order valence-electron chi connectivity index (χ0n) is 14.9. The Balaban J connectivity index is 1.37. The average Bonchev–Trinajstić information content (AvgIpc) is 2.79. The first-order valence-electron chi connectivity index (χ1n) is 9.66. The van der Waals surface area contributed by atoms with Crippen molar-refractivity contribution >= 4 is 17.7 Å². The van der Waals surface area contributed by atoms with Crippen LogP contribution in [0.3, 0.4) is 0 Å². The van der Waals surface area contributed by atoms with E-state index in [1.54, 1.807) is 0 Å². The molecule has 0 aromatic heterocycles. The number of nitrogens with zero attached hydrogens (tertiary/aromatic N) is 2. The molecule has 0 unspecified atom stereocenters. The maximum Gasteiger partial charge on any atom is 0.233 e. The summed E-state index contributed by atoms with van der Waals surface area (Å²) in [6.45, 7) is 3.95. The molecule has 3 aliphatic rings. The Morgan fingerprint density at radius 3 is 2.16 bits per heavy atom. The number of rotatable bonds is 6. The number of carbonyl (C=O) groups is 3. The van der Waals surface area contributed by atoms with Crippen molar-refractivity contribution in [2.75, 3.05) is 32.7 Å². The summed E-state index contributed by atoms with van der Waals surface area (Å²) >= 11 is 0. The van der Waals surface area contributed by atoms with E-state index in [0.717, 1.165) is 19.6 Å². The predicted molar refractivity (Wildman–Crippen MR) is 94.6 cm³/mol. The molecule has 0 aromatic rings. The van der Waals surface area contributed by atoms with E-state index in [1.165, 1.54) is 30.6 Å². The van der Waals surface area contributed by atoms with Crippen LogP contribution in [0.15, 0.2) is 12.2 Å². The minimum atomic E-state index is -0.205. The van der Waals surface area contributed by atoms with Gasteiger partial charge < -0.3 is 10.2 Å². The van der Waals surface area contributed by atoms with Crippen LogP contribution in [0.5, 0.6) is 0 Å². The van der Waals surface area contributed by atoms with Crippen molar-refractivity contribution in [1.82, 2.24) is 15.1 Å². The van der Waals surface area contributed by atoms with E-state index in [2.05, 4.69) is 10.2 Å². The number of likely N-dealkylation sites (tertiary alicyclic amines) is 2. The summed E-state index contributed by atoms with van der Waals surface area (Å²) in [6, 6.07) is 0. The third-order valence-electron chi connectivity index (χ3n) is 5.61. The Bertz CT molecular complexity index is 512. The summed E-state index contributed by atoms with van der Waals surface area (Å²) in [6.07, 6.45) is 10.5. The molecule has 138 valence electrons. The largest absolute Gasteiger partial charge is 0.355 e. The zero-order chi connectivity index (χ0) is 17.6. The van der Waals surface area contributed by atoms with Crippen molar-refractivity contribution in [2.24, 2.45) is 11.8 Å². The second-order valence-electron chi connectivity index (χ2n) is 7.34. The van der Waals surface area contributed by atoms with Gasteiger partial charge in [0.05, 0.1) is 11.8 Å². The van der Waals surface area contributed by atoms with Crippen molar-refractivity contribution < 1.29 is 14.4 Å². The molecule has 3 rings (SSSR count). The first kappa shape index (κ1) is 18.1. The standard InChI is InChI=1S/C19H29N3O3/c23-17(20-10-14-21-11-5-1-2-6-12-21)9-13-22-18(24)15-7-3-4-8-16(15)19(22)25/h3-4,15-16H,1-2,5-14H2,(H,20,23)/t15-,16+. The molecule has 2 fully saturated rings. The maximum absolute atomic E-state index is 12.3. The topological polar surface area (TPSA) is 69.7 Å². The van der Waals surface area contributed by atoms with E-state index < -0.39 is 0 Å². The van der Waals surface area contributed by atoms with Crippen LogP contribution in [0.25, 0.3) is 0 Å². The molecular formula is C19H29N3O3.